The van der Waals surface area contributed by atoms with Crippen molar-refractivity contribution in [3.63, 3.8) is 0 Å². The highest BCUT2D eigenvalue weighted by Crippen LogP contribution is 2.32. The predicted molar refractivity (Wildman–Crippen MR) is 149 cm³/mol. The predicted octanol–water partition coefficient (Wildman–Crippen LogP) is 6.39. The number of hydrogen-bond donors (Lipinski definition) is 3. The van der Waals surface area contributed by atoms with Gasteiger partial charge in [0.2, 0.25) is 0 Å². The van der Waals surface area contributed by atoms with E-state index in [1.54, 1.807) is 6.20 Å². The van der Waals surface area contributed by atoms with Crippen LogP contribution < -0.4 is 10.6 Å². The molecule has 3 aliphatic rings. The number of pyridine rings is 2. The number of fused-ring (bicyclic) bond motifs is 1. The minimum absolute atomic E-state index is 0.444. The van der Waals surface area contributed by atoms with E-state index < -0.39 is 0 Å². The number of nitrogens with one attached hydrogen (secondary N) is 3. The van der Waals surface area contributed by atoms with E-state index in [0.29, 0.717) is 23.3 Å². The molecule has 2 saturated carbocycles. The van der Waals surface area contributed by atoms with Crippen LogP contribution in [0.2, 0.25) is 5.15 Å². The monoisotopic (exact) mass is 506 g/mol. The minimum Gasteiger partial charge on any atom is -0.367 e. The van der Waals surface area contributed by atoms with Crippen LogP contribution in [0.1, 0.15) is 70.6 Å². The molecule has 0 aromatic carbocycles. The summed E-state index contributed by atoms with van der Waals surface area (Å²) in [7, 11) is 0. The molecular weight excluding hydrogens is 468 g/mol. The fourth-order valence-electron chi connectivity index (χ4n) is 6.75. The highest BCUT2D eigenvalue weighted by Gasteiger charge is 2.29. The Kier molecular flexibility index (Phi) is 7.45. The molecule has 0 spiro atoms. The van der Waals surface area contributed by atoms with Gasteiger partial charge in [0.15, 0.2) is 0 Å². The first kappa shape index (κ1) is 24.2. The molecule has 0 bridgehead atoms. The van der Waals surface area contributed by atoms with Gasteiger partial charge >= 0.3 is 0 Å². The average Bonchev–Trinajstić information content (AvgIpc) is 3.35. The smallest absolute Gasteiger partial charge is 0.137 e. The van der Waals surface area contributed by atoms with Crippen LogP contribution >= 0.6 is 11.6 Å². The maximum Gasteiger partial charge on any atom is 0.137 e. The second-order valence-electron chi connectivity index (χ2n) is 11.1. The van der Waals surface area contributed by atoms with E-state index in [1.807, 2.05) is 18.3 Å². The molecule has 7 heteroatoms. The molecule has 0 unspecified atom stereocenters. The molecule has 3 N–H and O–H groups in total. The number of likely N-dealkylation sites (tertiary alicyclic amines) is 1. The Labute approximate surface area is 219 Å². The molecule has 0 atom stereocenters. The van der Waals surface area contributed by atoms with Crippen LogP contribution in [0, 0.1) is 0 Å². The summed E-state index contributed by atoms with van der Waals surface area (Å²) in [6, 6.07) is 10.8. The van der Waals surface area contributed by atoms with Gasteiger partial charge in [-0.1, -0.05) is 30.9 Å². The van der Waals surface area contributed by atoms with Gasteiger partial charge in [-0.2, -0.15) is 0 Å². The maximum absolute atomic E-state index is 6.44. The Balaban J connectivity index is 1.00. The summed E-state index contributed by atoms with van der Waals surface area (Å²) in [5, 5.41) is 9.32. The maximum atomic E-state index is 6.44. The van der Waals surface area contributed by atoms with E-state index in [1.165, 1.54) is 83.7 Å². The van der Waals surface area contributed by atoms with Crippen LogP contribution in [0.15, 0.2) is 36.7 Å². The number of H-pyrrole nitrogens is 1. The van der Waals surface area contributed by atoms with E-state index in [2.05, 4.69) is 42.6 Å². The van der Waals surface area contributed by atoms with Crippen molar-refractivity contribution in [2.75, 3.05) is 18.4 Å². The summed E-state index contributed by atoms with van der Waals surface area (Å²) in [6.45, 7) is 2.57. The van der Waals surface area contributed by atoms with Crippen molar-refractivity contribution >= 4 is 28.5 Å². The van der Waals surface area contributed by atoms with Crippen LogP contribution in [0.3, 0.4) is 0 Å². The van der Waals surface area contributed by atoms with Gasteiger partial charge in [0.05, 0.1) is 0 Å². The van der Waals surface area contributed by atoms with Crippen LogP contribution in [0.4, 0.5) is 5.82 Å². The molecule has 1 aliphatic heterocycles. The van der Waals surface area contributed by atoms with Gasteiger partial charge in [0.25, 0.3) is 0 Å². The largest absolute Gasteiger partial charge is 0.367 e. The summed E-state index contributed by atoms with van der Waals surface area (Å²) < 4.78 is 0. The number of anilines is 1. The Morgan fingerprint density at radius 1 is 0.889 bits per heavy atom. The highest BCUT2D eigenvalue weighted by atomic mass is 35.5. The molecular formula is C29H39ClN6. The zero-order chi connectivity index (χ0) is 24.3. The topological polar surface area (TPSA) is 68.9 Å². The van der Waals surface area contributed by atoms with Gasteiger partial charge in [-0.05, 0) is 94.3 Å². The van der Waals surface area contributed by atoms with Crippen molar-refractivity contribution in [1.29, 1.82) is 0 Å². The average molecular weight is 507 g/mol. The van der Waals surface area contributed by atoms with Crippen molar-refractivity contribution in [2.45, 2.75) is 94.8 Å². The van der Waals surface area contributed by atoms with Gasteiger partial charge < -0.3 is 20.5 Å². The van der Waals surface area contributed by atoms with Crippen LogP contribution in [0.25, 0.3) is 22.2 Å². The Morgan fingerprint density at radius 2 is 1.64 bits per heavy atom. The van der Waals surface area contributed by atoms with Crippen LogP contribution in [-0.2, 0) is 0 Å². The minimum atomic E-state index is 0.444. The molecule has 6 nitrogen and oxygen atoms in total. The molecule has 3 fully saturated rings. The van der Waals surface area contributed by atoms with Crippen molar-refractivity contribution in [1.82, 2.24) is 25.2 Å². The van der Waals surface area contributed by atoms with E-state index in [-0.39, 0.29) is 0 Å². The number of halogens is 1. The number of aromatic amines is 1. The van der Waals surface area contributed by atoms with E-state index in [0.717, 1.165) is 34.0 Å². The lowest BCUT2D eigenvalue weighted by molar-refractivity contribution is 0.111. The second-order valence-corrected chi connectivity index (χ2v) is 11.5. The third kappa shape index (κ3) is 5.56. The standard InChI is InChI=1S/C29H39ClN6/c30-27-17-20(26-19-32-29-25(26)7-4-14-31-29)18-28(35-27)34-22-10-8-21(9-11-22)33-23-12-15-36(16-13-23)24-5-2-1-3-6-24/h4,7,14,17-19,21-24,33H,1-3,5-6,8-13,15-16H2,(H,31,32)(H,34,35)/t21-,22-. The third-order valence-corrected chi connectivity index (χ3v) is 8.92. The molecule has 6 rings (SSSR count). The van der Waals surface area contributed by atoms with Crippen molar-refractivity contribution in [3.8, 4) is 11.1 Å². The van der Waals surface area contributed by atoms with Gasteiger partial charge in [-0.3, -0.25) is 0 Å². The van der Waals surface area contributed by atoms with Crippen molar-refractivity contribution < 1.29 is 0 Å². The summed E-state index contributed by atoms with van der Waals surface area (Å²) in [6.07, 6.45) is 18.4. The molecule has 3 aromatic heterocycles. The third-order valence-electron chi connectivity index (χ3n) is 8.73. The number of rotatable bonds is 6. The van der Waals surface area contributed by atoms with Gasteiger partial charge in [-0.15, -0.1) is 0 Å². The van der Waals surface area contributed by atoms with Gasteiger partial charge in [0, 0.05) is 47.5 Å². The summed E-state index contributed by atoms with van der Waals surface area (Å²) in [5.74, 6) is 0.863. The summed E-state index contributed by atoms with van der Waals surface area (Å²) >= 11 is 6.44. The summed E-state index contributed by atoms with van der Waals surface area (Å²) in [4.78, 5) is 15.0. The Bertz CT molecular complexity index is 1140. The Morgan fingerprint density at radius 3 is 2.44 bits per heavy atom. The van der Waals surface area contributed by atoms with E-state index >= 15 is 0 Å². The fraction of sp³-hybridized carbons (Fsp3) is 0.586. The first-order valence-corrected chi connectivity index (χ1v) is 14.5. The molecule has 4 heterocycles. The highest BCUT2D eigenvalue weighted by molar-refractivity contribution is 6.29. The number of aromatic nitrogens is 3. The quantitative estimate of drug-likeness (QED) is 0.338. The first-order chi connectivity index (χ1) is 17.7. The molecule has 192 valence electrons. The van der Waals surface area contributed by atoms with E-state index in [4.69, 9.17) is 11.6 Å². The molecule has 1 saturated heterocycles. The fourth-order valence-corrected chi connectivity index (χ4v) is 6.95. The lowest BCUT2D eigenvalue weighted by Gasteiger charge is -2.41. The van der Waals surface area contributed by atoms with Crippen LogP contribution in [-0.4, -0.2) is 57.1 Å². The van der Waals surface area contributed by atoms with Gasteiger partial charge in [-0.25, -0.2) is 9.97 Å². The number of piperidine rings is 1. The zero-order valence-electron chi connectivity index (χ0n) is 21.2. The molecule has 0 amide bonds. The lowest BCUT2D eigenvalue weighted by Crippen LogP contribution is -2.50. The molecule has 0 radical (unpaired) electrons. The summed E-state index contributed by atoms with van der Waals surface area (Å²) in [5.41, 5.74) is 3.06. The first-order valence-electron chi connectivity index (χ1n) is 14.1. The number of hydrogen-bond acceptors (Lipinski definition) is 5. The van der Waals surface area contributed by atoms with E-state index in [9.17, 15) is 0 Å². The normalized spacial score (nSPS) is 24.8. The van der Waals surface area contributed by atoms with Crippen molar-refractivity contribution in [3.05, 3.63) is 41.8 Å². The SMILES string of the molecule is Clc1cc(-c2c[nH]c3ncccc23)cc(N[C@H]2CC[C@H](NC3CCN(C4CCCCC4)CC3)CC2)n1. The lowest BCUT2D eigenvalue weighted by atomic mass is 9.89. The van der Waals surface area contributed by atoms with Crippen LogP contribution in [0.5, 0.6) is 0 Å². The zero-order valence-corrected chi connectivity index (χ0v) is 21.9. The van der Waals surface area contributed by atoms with Gasteiger partial charge in [0.1, 0.15) is 16.6 Å². The Hall–Kier alpha value is -2.15. The molecule has 3 aromatic rings. The van der Waals surface area contributed by atoms with Crippen molar-refractivity contribution in [2.24, 2.45) is 0 Å². The number of nitrogens with zero attached hydrogens (tertiary/aromatic N) is 3. The molecule has 36 heavy (non-hydrogen) atoms. The second kappa shape index (κ2) is 11.1. The molecule has 2 aliphatic carbocycles.